The van der Waals surface area contributed by atoms with Crippen LogP contribution in [0.2, 0.25) is 0 Å². The Kier molecular flexibility index (Phi) is 7.29. The molecule has 140 valence electrons. The van der Waals surface area contributed by atoms with Crippen molar-refractivity contribution in [1.29, 1.82) is 0 Å². The molecular weight excluding hydrogens is 358 g/mol. The molecule has 3 rings (SSSR count). The summed E-state index contributed by atoms with van der Waals surface area (Å²) in [5.41, 5.74) is 3.48. The van der Waals surface area contributed by atoms with Crippen LogP contribution in [0.15, 0.2) is 67.3 Å². The van der Waals surface area contributed by atoms with Crippen molar-refractivity contribution in [3.05, 3.63) is 83.9 Å². The first-order valence-electron chi connectivity index (χ1n) is 8.83. The van der Waals surface area contributed by atoms with Crippen LogP contribution >= 0.6 is 11.8 Å². The number of rotatable bonds is 9. The van der Waals surface area contributed by atoms with E-state index < -0.39 is 0 Å². The topological polar surface area (TPSA) is 71.8 Å². The van der Waals surface area contributed by atoms with E-state index in [-0.39, 0.29) is 6.03 Å². The lowest BCUT2D eigenvalue weighted by molar-refractivity contribution is 0.241. The van der Waals surface area contributed by atoms with Crippen LogP contribution in [-0.2, 0) is 18.8 Å². The predicted molar refractivity (Wildman–Crippen MR) is 108 cm³/mol. The molecular formula is C20H23N5OS. The number of nitrogens with zero attached hydrogens (tertiary/aromatic N) is 3. The number of thioether (sulfide) groups is 1. The Morgan fingerprint density at radius 3 is 2.63 bits per heavy atom. The quantitative estimate of drug-likeness (QED) is 0.559. The zero-order chi connectivity index (χ0) is 18.7. The maximum absolute atomic E-state index is 11.9. The van der Waals surface area contributed by atoms with Crippen molar-refractivity contribution in [2.45, 2.75) is 18.8 Å². The van der Waals surface area contributed by atoms with Crippen molar-refractivity contribution in [1.82, 2.24) is 25.4 Å². The van der Waals surface area contributed by atoms with Gasteiger partial charge in [0.25, 0.3) is 0 Å². The minimum Gasteiger partial charge on any atom is -0.337 e. The molecule has 1 heterocycles. The SMILES string of the molecule is O=C(NCCSCc1ccccc1)NCc1cccc(Cn2cncn2)c1. The number of urea groups is 1. The van der Waals surface area contributed by atoms with Crippen LogP contribution in [0.3, 0.4) is 0 Å². The molecule has 0 unspecified atom stereocenters. The molecule has 3 aromatic rings. The van der Waals surface area contributed by atoms with Gasteiger partial charge in [-0.3, -0.25) is 0 Å². The van der Waals surface area contributed by atoms with Gasteiger partial charge in [-0.1, -0.05) is 54.6 Å². The lowest BCUT2D eigenvalue weighted by Gasteiger charge is -2.09. The highest BCUT2D eigenvalue weighted by molar-refractivity contribution is 7.98. The van der Waals surface area contributed by atoms with Gasteiger partial charge < -0.3 is 10.6 Å². The Bertz CT molecular complexity index is 823. The highest BCUT2D eigenvalue weighted by atomic mass is 32.2. The Balaban J connectivity index is 1.33. The van der Waals surface area contributed by atoms with Crippen LogP contribution in [-0.4, -0.2) is 33.1 Å². The van der Waals surface area contributed by atoms with Crippen LogP contribution in [0, 0.1) is 0 Å². The molecule has 0 aliphatic heterocycles. The Labute approximate surface area is 163 Å². The lowest BCUT2D eigenvalue weighted by atomic mass is 10.1. The first-order valence-corrected chi connectivity index (χ1v) is 9.99. The lowest BCUT2D eigenvalue weighted by Crippen LogP contribution is -2.36. The van der Waals surface area contributed by atoms with Gasteiger partial charge in [-0.2, -0.15) is 16.9 Å². The van der Waals surface area contributed by atoms with Crippen LogP contribution < -0.4 is 10.6 Å². The fourth-order valence-corrected chi connectivity index (χ4v) is 3.40. The molecule has 0 radical (unpaired) electrons. The third-order valence-corrected chi connectivity index (χ3v) is 4.93. The maximum Gasteiger partial charge on any atom is 0.315 e. The number of carbonyl (C=O) groups is 1. The standard InChI is InChI=1S/C20H23N5OS/c26-20(22-9-10-27-14-17-5-2-1-3-6-17)23-12-18-7-4-8-19(11-18)13-25-16-21-15-24-25/h1-8,11,15-16H,9-10,12-14H2,(H2,22,23,26). The minimum atomic E-state index is -0.142. The van der Waals surface area contributed by atoms with Crippen molar-refractivity contribution < 1.29 is 4.79 Å². The molecule has 0 saturated heterocycles. The van der Waals surface area contributed by atoms with E-state index in [4.69, 9.17) is 0 Å². The van der Waals surface area contributed by atoms with Gasteiger partial charge >= 0.3 is 6.03 Å². The third kappa shape index (κ3) is 6.79. The number of amides is 2. The molecule has 0 aliphatic rings. The normalized spacial score (nSPS) is 10.5. The number of hydrogen-bond acceptors (Lipinski definition) is 4. The van der Waals surface area contributed by atoms with Gasteiger partial charge in [0.1, 0.15) is 12.7 Å². The second-order valence-electron chi connectivity index (χ2n) is 6.06. The minimum absolute atomic E-state index is 0.142. The van der Waals surface area contributed by atoms with Gasteiger partial charge in [0.15, 0.2) is 0 Å². The number of carbonyl (C=O) groups excluding carboxylic acids is 1. The van der Waals surface area contributed by atoms with Crippen molar-refractivity contribution in [2.24, 2.45) is 0 Å². The number of benzene rings is 2. The van der Waals surface area contributed by atoms with Crippen molar-refractivity contribution in [2.75, 3.05) is 12.3 Å². The summed E-state index contributed by atoms with van der Waals surface area (Å²) in [6.07, 6.45) is 3.21. The Morgan fingerprint density at radius 2 is 1.81 bits per heavy atom. The first-order chi connectivity index (χ1) is 13.3. The summed E-state index contributed by atoms with van der Waals surface area (Å²) >= 11 is 1.81. The van der Waals surface area contributed by atoms with Gasteiger partial charge in [0.2, 0.25) is 0 Å². The van der Waals surface area contributed by atoms with E-state index in [1.54, 1.807) is 11.0 Å². The van der Waals surface area contributed by atoms with Crippen LogP contribution in [0.1, 0.15) is 16.7 Å². The maximum atomic E-state index is 11.9. The molecule has 27 heavy (non-hydrogen) atoms. The van der Waals surface area contributed by atoms with Gasteiger partial charge in [0, 0.05) is 24.6 Å². The molecule has 2 N–H and O–H groups in total. The molecule has 0 saturated carbocycles. The fraction of sp³-hybridized carbons (Fsp3) is 0.250. The largest absolute Gasteiger partial charge is 0.337 e. The van der Waals surface area contributed by atoms with E-state index in [1.807, 2.05) is 48.2 Å². The zero-order valence-corrected chi connectivity index (χ0v) is 15.9. The van der Waals surface area contributed by atoms with Crippen molar-refractivity contribution >= 4 is 17.8 Å². The average Bonchev–Trinajstić information content (AvgIpc) is 3.20. The summed E-state index contributed by atoms with van der Waals surface area (Å²) < 4.78 is 1.77. The number of aromatic nitrogens is 3. The smallest absolute Gasteiger partial charge is 0.315 e. The van der Waals surface area contributed by atoms with Gasteiger partial charge in [-0.05, 0) is 16.7 Å². The highest BCUT2D eigenvalue weighted by Gasteiger charge is 2.02. The van der Waals surface area contributed by atoms with Gasteiger partial charge in [-0.15, -0.1) is 0 Å². The monoisotopic (exact) mass is 381 g/mol. The molecule has 6 nitrogen and oxygen atoms in total. The van der Waals surface area contributed by atoms with E-state index in [1.165, 1.54) is 11.9 Å². The van der Waals surface area contributed by atoms with Crippen LogP contribution in [0.4, 0.5) is 4.79 Å². The summed E-state index contributed by atoms with van der Waals surface area (Å²) in [5, 5.41) is 9.90. The molecule has 0 aliphatic carbocycles. The fourth-order valence-electron chi connectivity index (χ4n) is 2.59. The van der Waals surface area contributed by atoms with E-state index in [2.05, 4.69) is 38.9 Å². The molecule has 0 atom stereocenters. The third-order valence-electron chi connectivity index (χ3n) is 3.90. The van der Waals surface area contributed by atoms with Crippen LogP contribution in [0.25, 0.3) is 0 Å². The predicted octanol–water partition coefficient (Wildman–Crippen LogP) is 3.06. The summed E-state index contributed by atoms with van der Waals surface area (Å²) in [5.74, 6) is 1.85. The molecule has 7 heteroatoms. The van der Waals surface area contributed by atoms with E-state index in [9.17, 15) is 4.79 Å². The van der Waals surface area contributed by atoms with Crippen molar-refractivity contribution in [3.63, 3.8) is 0 Å². The Hall–Kier alpha value is -2.80. The molecule has 2 aromatic carbocycles. The summed E-state index contributed by atoms with van der Waals surface area (Å²) in [6.45, 7) is 1.81. The molecule has 2 amide bonds. The molecule has 0 fully saturated rings. The van der Waals surface area contributed by atoms with Gasteiger partial charge in [0.05, 0.1) is 6.54 Å². The summed E-state index contributed by atoms with van der Waals surface area (Å²) in [6, 6.07) is 18.3. The second-order valence-corrected chi connectivity index (χ2v) is 7.17. The molecule has 0 bridgehead atoms. The van der Waals surface area contributed by atoms with Gasteiger partial charge in [-0.25, -0.2) is 14.5 Å². The highest BCUT2D eigenvalue weighted by Crippen LogP contribution is 2.10. The number of hydrogen-bond donors (Lipinski definition) is 2. The number of nitrogens with one attached hydrogen (secondary N) is 2. The van der Waals surface area contributed by atoms with Crippen molar-refractivity contribution in [3.8, 4) is 0 Å². The Morgan fingerprint density at radius 1 is 1.00 bits per heavy atom. The summed E-state index contributed by atoms with van der Waals surface area (Å²) in [7, 11) is 0. The van der Waals surface area contributed by atoms with E-state index in [0.717, 1.165) is 22.6 Å². The van der Waals surface area contributed by atoms with E-state index >= 15 is 0 Å². The second kappa shape index (κ2) is 10.4. The van der Waals surface area contributed by atoms with E-state index in [0.29, 0.717) is 19.6 Å². The summed E-state index contributed by atoms with van der Waals surface area (Å²) in [4.78, 5) is 15.9. The molecule has 1 aromatic heterocycles. The zero-order valence-electron chi connectivity index (χ0n) is 15.0. The first kappa shape index (κ1) is 19.0. The molecule has 0 spiro atoms. The van der Waals surface area contributed by atoms with Crippen LogP contribution in [0.5, 0.6) is 0 Å². The average molecular weight is 382 g/mol.